The fourth-order valence-corrected chi connectivity index (χ4v) is 1.46. The summed E-state index contributed by atoms with van der Waals surface area (Å²) in [7, 11) is 0. The smallest absolute Gasteiger partial charge is 0.326 e. The average Bonchev–Trinajstić information content (AvgIpc) is 2.35. The van der Waals surface area contributed by atoms with Crippen molar-refractivity contribution < 1.29 is 24.6 Å². The summed E-state index contributed by atoms with van der Waals surface area (Å²) in [4.78, 5) is 36.7. The summed E-state index contributed by atoms with van der Waals surface area (Å²) in [5.41, 5.74) is 0.704. The predicted octanol–water partition coefficient (Wildman–Crippen LogP) is 0.0583. The molecule has 1 amide bonds. The molecule has 0 fully saturated rings. The van der Waals surface area contributed by atoms with Crippen molar-refractivity contribution in [2.75, 3.05) is 0 Å². The van der Waals surface area contributed by atoms with E-state index in [-0.39, 0.29) is 19.3 Å². The number of hydrogen-bond acceptors (Lipinski definition) is 4. The maximum absolute atomic E-state index is 11.6. The Morgan fingerprint density at radius 3 is 2.37 bits per heavy atom. The molecule has 0 aliphatic heterocycles. The van der Waals surface area contributed by atoms with E-state index in [9.17, 15) is 14.4 Å². The Bertz CT molecular complexity index is 460. The normalized spacial score (nSPS) is 11.6. The molecule has 1 unspecified atom stereocenters. The number of aliphatic carboxylic acids is 2. The van der Waals surface area contributed by atoms with Gasteiger partial charge in [0.2, 0.25) is 5.91 Å². The largest absolute Gasteiger partial charge is 0.481 e. The van der Waals surface area contributed by atoms with Crippen molar-refractivity contribution in [2.24, 2.45) is 0 Å². The zero-order chi connectivity index (χ0) is 14.3. The number of carbonyl (C=O) groups is 3. The van der Waals surface area contributed by atoms with Crippen LogP contribution in [0.3, 0.4) is 0 Å². The molecule has 1 heterocycles. The topological polar surface area (TPSA) is 117 Å². The monoisotopic (exact) mass is 266 g/mol. The first-order chi connectivity index (χ1) is 8.99. The maximum atomic E-state index is 11.6. The molecule has 19 heavy (non-hydrogen) atoms. The Morgan fingerprint density at radius 1 is 1.21 bits per heavy atom. The molecule has 1 aromatic rings. The molecular formula is C12H14N2O5. The van der Waals surface area contributed by atoms with Crippen LogP contribution in [0.2, 0.25) is 0 Å². The molecule has 1 rings (SSSR count). The molecule has 0 aliphatic carbocycles. The number of carbonyl (C=O) groups excluding carboxylic acids is 1. The second kappa shape index (κ2) is 7.10. The summed E-state index contributed by atoms with van der Waals surface area (Å²) >= 11 is 0. The molecule has 0 spiro atoms. The molecule has 7 nitrogen and oxygen atoms in total. The van der Waals surface area contributed by atoms with Gasteiger partial charge in [-0.2, -0.15) is 0 Å². The van der Waals surface area contributed by atoms with Gasteiger partial charge in [-0.3, -0.25) is 14.6 Å². The third kappa shape index (κ3) is 5.62. The molecule has 102 valence electrons. The third-order valence-electron chi connectivity index (χ3n) is 2.39. The molecule has 0 bridgehead atoms. The summed E-state index contributed by atoms with van der Waals surface area (Å²) in [6.45, 7) is 0. The SMILES string of the molecule is O=C(O)CCC(NC(=O)Cc1ccncc1)C(=O)O. The van der Waals surface area contributed by atoms with Gasteiger partial charge in [-0.1, -0.05) is 0 Å². The van der Waals surface area contributed by atoms with E-state index >= 15 is 0 Å². The van der Waals surface area contributed by atoms with Crippen molar-refractivity contribution in [3.8, 4) is 0 Å². The van der Waals surface area contributed by atoms with Crippen LogP contribution >= 0.6 is 0 Å². The van der Waals surface area contributed by atoms with Gasteiger partial charge in [-0.05, 0) is 24.1 Å². The van der Waals surface area contributed by atoms with Gasteiger partial charge >= 0.3 is 11.9 Å². The number of aromatic nitrogens is 1. The molecule has 7 heteroatoms. The van der Waals surface area contributed by atoms with Crippen molar-refractivity contribution in [1.82, 2.24) is 10.3 Å². The predicted molar refractivity (Wildman–Crippen MR) is 64.4 cm³/mol. The molecule has 3 N–H and O–H groups in total. The van der Waals surface area contributed by atoms with Crippen molar-refractivity contribution in [3.63, 3.8) is 0 Å². The molecule has 0 saturated carbocycles. The van der Waals surface area contributed by atoms with E-state index in [0.717, 1.165) is 0 Å². The van der Waals surface area contributed by atoms with Crippen LogP contribution in [-0.2, 0) is 20.8 Å². The Labute approximate surface area is 109 Å². The number of nitrogens with zero attached hydrogens (tertiary/aromatic N) is 1. The molecule has 0 aliphatic rings. The number of carboxylic acids is 2. The second-order valence-electron chi connectivity index (χ2n) is 3.92. The van der Waals surface area contributed by atoms with Gasteiger partial charge in [0, 0.05) is 18.8 Å². The van der Waals surface area contributed by atoms with E-state index in [2.05, 4.69) is 10.3 Å². The van der Waals surface area contributed by atoms with Crippen LogP contribution in [0.15, 0.2) is 24.5 Å². The van der Waals surface area contributed by atoms with Crippen molar-refractivity contribution in [1.29, 1.82) is 0 Å². The molecular weight excluding hydrogens is 252 g/mol. The highest BCUT2D eigenvalue weighted by Gasteiger charge is 2.20. The van der Waals surface area contributed by atoms with Crippen LogP contribution in [0.1, 0.15) is 18.4 Å². The van der Waals surface area contributed by atoms with Gasteiger partial charge in [0.1, 0.15) is 6.04 Å². The Morgan fingerprint density at radius 2 is 1.84 bits per heavy atom. The van der Waals surface area contributed by atoms with Gasteiger partial charge in [-0.25, -0.2) is 4.79 Å². The molecule has 1 atom stereocenters. The fourth-order valence-electron chi connectivity index (χ4n) is 1.46. The number of nitrogens with one attached hydrogen (secondary N) is 1. The van der Waals surface area contributed by atoms with Crippen LogP contribution < -0.4 is 5.32 Å². The van der Waals surface area contributed by atoms with Gasteiger partial charge in [0.05, 0.1) is 6.42 Å². The standard InChI is InChI=1S/C12H14N2O5/c15-10(7-8-3-5-13-6-4-8)14-9(12(18)19)1-2-11(16)17/h3-6,9H,1-2,7H2,(H,14,15)(H,16,17)(H,18,19). The number of carboxylic acid groups (broad SMARTS) is 2. The van der Waals surface area contributed by atoms with E-state index in [1.807, 2.05) is 0 Å². The lowest BCUT2D eigenvalue weighted by Crippen LogP contribution is -2.41. The fraction of sp³-hybridized carbons (Fsp3) is 0.333. The quantitative estimate of drug-likeness (QED) is 0.642. The minimum absolute atomic E-state index is 0.0272. The van der Waals surface area contributed by atoms with E-state index in [1.54, 1.807) is 12.1 Å². The first-order valence-corrected chi connectivity index (χ1v) is 5.62. The van der Waals surface area contributed by atoms with Crippen molar-refractivity contribution >= 4 is 17.8 Å². The minimum Gasteiger partial charge on any atom is -0.481 e. The lowest BCUT2D eigenvalue weighted by atomic mass is 10.1. The number of amides is 1. The Kier molecular flexibility index (Phi) is 5.46. The Balaban J connectivity index is 2.52. The highest BCUT2D eigenvalue weighted by Crippen LogP contribution is 2.01. The zero-order valence-electron chi connectivity index (χ0n) is 10.1. The summed E-state index contributed by atoms with van der Waals surface area (Å²) in [6, 6.07) is 2.10. The lowest BCUT2D eigenvalue weighted by Gasteiger charge is -2.13. The number of rotatable bonds is 7. The zero-order valence-corrected chi connectivity index (χ0v) is 10.1. The third-order valence-corrected chi connectivity index (χ3v) is 2.39. The van der Waals surface area contributed by atoms with Crippen LogP contribution in [0.25, 0.3) is 0 Å². The first kappa shape index (κ1) is 14.6. The maximum Gasteiger partial charge on any atom is 0.326 e. The summed E-state index contributed by atoms with van der Waals surface area (Å²) < 4.78 is 0. The summed E-state index contributed by atoms with van der Waals surface area (Å²) in [6.07, 6.45) is 2.63. The lowest BCUT2D eigenvalue weighted by molar-refractivity contribution is -0.143. The van der Waals surface area contributed by atoms with E-state index in [4.69, 9.17) is 10.2 Å². The highest BCUT2D eigenvalue weighted by molar-refractivity contribution is 5.85. The van der Waals surface area contributed by atoms with Gasteiger partial charge in [0.25, 0.3) is 0 Å². The molecule has 1 aromatic heterocycles. The number of pyridine rings is 1. The first-order valence-electron chi connectivity index (χ1n) is 5.62. The highest BCUT2D eigenvalue weighted by atomic mass is 16.4. The van der Waals surface area contributed by atoms with Crippen molar-refractivity contribution in [2.45, 2.75) is 25.3 Å². The van der Waals surface area contributed by atoms with Crippen LogP contribution in [0, 0.1) is 0 Å². The van der Waals surface area contributed by atoms with Gasteiger partial charge < -0.3 is 15.5 Å². The number of hydrogen-bond donors (Lipinski definition) is 3. The average molecular weight is 266 g/mol. The molecule has 0 saturated heterocycles. The minimum atomic E-state index is -1.25. The van der Waals surface area contributed by atoms with E-state index in [0.29, 0.717) is 5.56 Å². The van der Waals surface area contributed by atoms with E-state index < -0.39 is 23.9 Å². The van der Waals surface area contributed by atoms with Crippen molar-refractivity contribution in [3.05, 3.63) is 30.1 Å². The van der Waals surface area contributed by atoms with Gasteiger partial charge in [0.15, 0.2) is 0 Å². The summed E-state index contributed by atoms with van der Waals surface area (Å²) in [5.74, 6) is -2.82. The van der Waals surface area contributed by atoms with E-state index in [1.165, 1.54) is 12.4 Å². The van der Waals surface area contributed by atoms with Gasteiger partial charge in [-0.15, -0.1) is 0 Å². The van der Waals surface area contributed by atoms with Crippen LogP contribution in [-0.4, -0.2) is 39.1 Å². The second-order valence-corrected chi connectivity index (χ2v) is 3.92. The van der Waals surface area contributed by atoms with Crippen LogP contribution in [0.5, 0.6) is 0 Å². The summed E-state index contributed by atoms with van der Waals surface area (Å²) in [5, 5.41) is 19.7. The van der Waals surface area contributed by atoms with Crippen LogP contribution in [0.4, 0.5) is 0 Å². The Hall–Kier alpha value is -2.44. The molecule has 0 aromatic carbocycles. The molecule has 0 radical (unpaired) electrons.